The van der Waals surface area contributed by atoms with E-state index in [2.05, 4.69) is 55.6 Å². The van der Waals surface area contributed by atoms with Crippen LogP contribution >= 0.6 is 0 Å². The van der Waals surface area contributed by atoms with Gasteiger partial charge in [0.1, 0.15) is 12.2 Å². The van der Waals surface area contributed by atoms with Crippen molar-refractivity contribution in [1.29, 1.82) is 0 Å². The summed E-state index contributed by atoms with van der Waals surface area (Å²) in [5.74, 6) is 3.29. The first-order valence-electron chi connectivity index (χ1n) is 9.47. The number of benzene rings is 1. The summed E-state index contributed by atoms with van der Waals surface area (Å²) in [5.41, 5.74) is 1.50. The molecule has 2 aromatic rings. The van der Waals surface area contributed by atoms with Gasteiger partial charge in [-0.05, 0) is 43.1 Å². The lowest BCUT2D eigenvalue weighted by atomic mass is 9.79. The largest absolute Gasteiger partial charge is 0.356 e. The third-order valence-corrected chi connectivity index (χ3v) is 5.42. The van der Waals surface area contributed by atoms with Crippen LogP contribution in [0.4, 0.5) is 0 Å². The van der Waals surface area contributed by atoms with Crippen molar-refractivity contribution in [3.8, 4) is 0 Å². The van der Waals surface area contributed by atoms with E-state index < -0.39 is 0 Å². The molecule has 0 radical (unpaired) electrons. The molecule has 0 atom stereocenters. The number of aryl methyl sites for hydroxylation is 1. The number of hydrogen-bond donors (Lipinski definition) is 1. The molecule has 0 unspecified atom stereocenters. The molecule has 26 heavy (non-hydrogen) atoms. The third-order valence-electron chi connectivity index (χ3n) is 5.42. The van der Waals surface area contributed by atoms with E-state index in [-0.39, 0.29) is 0 Å². The first kappa shape index (κ1) is 18.4. The summed E-state index contributed by atoms with van der Waals surface area (Å²) >= 11 is 0. The molecule has 1 heterocycles. The minimum atomic E-state index is 0.691. The molecular formula is C20H30N6. The van der Waals surface area contributed by atoms with E-state index in [1.54, 1.807) is 11.0 Å². The Morgan fingerprint density at radius 3 is 2.58 bits per heavy atom. The lowest BCUT2D eigenvalue weighted by molar-refractivity contribution is 0.320. The average molecular weight is 355 g/mol. The second-order valence-corrected chi connectivity index (χ2v) is 7.21. The van der Waals surface area contributed by atoms with Crippen molar-refractivity contribution in [2.45, 2.75) is 38.1 Å². The van der Waals surface area contributed by atoms with Crippen LogP contribution in [0.1, 0.15) is 43.0 Å². The molecule has 3 rings (SSSR count). The SMILES string of the molecule is CN=C(NCC1CCC(c2ccccc2)CC1)N(C)Cc1ncnn1C. The van der Waals surface area contributed by atoms with E-state index >= 15 is 0 Å². The molecule has 0 bridgehead atoms. The van der Waals surface area contributed by atoms with Crippen LogP contribution in [0, 0.1) is 5.92 Å². The average Bonchev–Trinajstić information content (AvgIpc) is 3.08. The van der Waals surface area contributed by atoms with Gasteiger partial charge in [0.25, 0.3) is 0 Å². The zero-order valence-electron chi connectivity index (χ0n) is 16.1. The maximum Gasteiger partial charge on any atom is 0.193 e. The van der Waals surface area contributed by atoms with Gasteiger partial charge < -0.3 is 10.2 Å². The Labute approximate surface area is 156 Å². The molecular weight excluding hydrogens is 324 g/mol. The Hall–Kier alpha value is -2.37. The van der Waals surface area contributed by atoms with E-state index in [4.69, 9.17) is 0 Å². The van der Waals surface area contributed by atoms with Crippen molar-refractivity contribution >= 4 is 5.96 Å². The second kappa shape index (κ2) is 8.83. The van der Waals surface area contributed by atoms with Crippen LogP contribution in [0.2, 0.25) is 0 Å². The van der Waals surface area contributed by atoms with Gasteiger partial charge in [-0.1, -0.05) is 30.3 Å². The Bertz CT molecular complexity index is 700. The van der Waals surface area contributed by atoms with E-state index in [0.29, 0.717) is 6.54 Å². The van der Waals surface area contributed by atoms with E-state index in [1.165, 1.54) is 31.2 Å². The first-order valence-corrected chi connectivity index (χ1v) is 9.47. The van der Waals surface area contributed by atoms with E-state index in [1.807, 2.05) is 21.1 Å². The number of rotatable bonds is 5. The predicted molar refractivity (Wildman–Crippen MR) is 105 cm³/mol. The summed E-state index contributed by atoms with van der Waals surface area (Å²) < 4.78 is 1.80. The van der Waals surface area contributed by atoms with Gasteiger partial charge >= 0.3 is 0 Å². The van der Waals surface area contributed by atoms with Gasteiger partial charge in [0, 0.05) is 27.7 Å². The first-order chi connectivity index (χ1) is 12.7. The van der Waals surface area contributed by atoms with Crippen molar-refractivity contribution in [2.24, 2.45) is 18.0 Å². The molecule has 0 aliphatic heterocycles. The molecule has 1 saturated carbocycles. The monoisotopic (exact) mass is 354 g/mol. The Balaban J connectivity index is 1.45. The van der Waals surface area contributed by atoms with Crippen LogP contribution in [0.25, 0.3) is 0 Å². The summed E-state index contributed by atoms with van der Waals surface area (Å²) in [7, 11) is 5.79. The van der Waals surface area contributed by atoms with Gasteiger partial charge in [0.2, 0.25) is 0 Å². The van der Waals surface area contributed by atoms with Crippen molar-refractivity contribution in [1.82, 2.24) is 25.0 Å². The van der Waals surface area contributed by atoms with Gasteiger partial charge in [-0.2, -0.15) is 5.10 Å². The number of aromatic nitrogens is 3. The van der Waals surface area contributed by atoms with Crippen molar-refractivity contribution in [3.05, 3.63) is 48.0 Å². The van der Waals surface area contributed by atoms with Gasteiger partial charge in [-0.3, -0.25) is 9.67 Å². The van der Waals surface area contributed by atoms with Crippen molar-refractivity contribution < 1.29 is 0 Å². The minimum Gasteiger partial charge on any atom is -0.356 e. The molecule has 1 aromatic carbocycles. The molecule has 140 valence electrons. The Kier molecular flexibility index (Phi) is 6.26. The number of hydrogen-bond acceptors (Lipinski definition) is 3. The number of nitrogens with zero attached hydrogens (tertiary/aromatic N) is 5. The standard InChI is InChI=1S/C20H30N6/c1-21-20(25(2)14-19-23-15-24-26(19)3)22-13-16-9-11-18(12-10-16)17-7-5-4-6-8-17/h4-8,15-16,18H,9-14H2,1-3H3,(H,21,22). The van der Waals surface area contributed by atoms with Gasteiger partial charge in [0.15, 0.2) is 5.96 Å². The Morgan fingerprint density at radius 2 is 1.96 bits per heavy atom. The highest BCUT2D eigenvalue weighted by Crippen LogP contribution is 2.35. The fourth-order valence-electron chi connectivity index (χ4n) is 3.80. The summed E-state index contributed by atoms with van der Waals surface area (Å²) in [4.78, 5) is 10.8. The van der Waals surface area contributed by atoms with E-state index in [0.717, 1.165) is 30.2 Å². The fourth-order valence-corrected chi connectivity index (χ4v) is 3.80. The van der Waals surface area contributed by atoms with Crippen LogP contribution in [-0.4, -0.2) is 46.3 Å². The second-order valence-electron chi connectivity index (χ2n) is 7.21. The maximum atomic E-state index is 4.42. The molecule has 1 fully saturated rings. The Morgan fingerprint density at radius 1 is 1.23 bits per heavy atom. The molecule has 0 saturated heterocycles. The summed E-state index contributed by atoms with van der Waals surface area (Å²) in [6, 6.07) is 10.9. The number of guanidine groups is 1. The van der Waals surface area contributed by atoms with Crippen LogP contribution in [0.3, 0.4) is 0 Å². The molecule has 1 aromatic heterocycles. The summed E-state index contributed by atoms with van der Waals surface area (Å²) in [6.45, 7) is 1.67. The lowest BCUT2D eigenvalue weighted by Crippen LogP contribution is -2.41. The normalized spacial score (nSPS) is 20.8. The van der Waals surface area contributed by atoms with Crippen molar-refractivity contribution in [3.63, 3.8) is 0 Å². The van der Waals surface area contributed by atoms with Crippen LogP contribution in [-0.2, 0) is 13.6 Å². The summed E-state index contributed by atoms with van der Waals surface area (Å²) in [5, 5.41) is 7.67. The van der Waals surface area contributed by atoms with E-state index in [9.17, 15) is 0 Å². The van der Waals surface area contributed by atoms with Crippen molar-refractivity contribution in [2.75, 3.05) is 20.6 Å². The quantitative estimate of drug-likeness (QED) is 0.663. The highest BCUT2D eigenvalue weighted by atomic mass is 15.4. The van der Waals surface area contributed by atoms with Crippen LogP contribution in [0.5, 0.6) is 0 Å². The lowest BCUT2D eigenvalue weighted by Gasteiger charge is -2.30. The highest BCUT2D eigenvalue weighted by Gasteiger charge is 2.22. The number of nitrogens with one attached hydrogen (secondary N) is 1. The molecule has 6 heteroatoms. The minimum absolute atomic E-state index is 0.691. The summed E-state index contributed by atoms with van der Waals surface area (Å²) in [6.07, 6.45) is 6.70. The fraction of sp³-hybridized carbons (Fsp3) is 0.550. The topological polar surface area (TPSA) is 58.3 Å². The van der Waals surface area contributed by atoms with Crippen LogP contribution in [0.15, 0.2) is 41.7 Å². The molecule has 0 amide bonds. The highest BCUT2D eigenvalue weighted by molar-refractivity contribution is 5.79. The smallest absolute Gasteiger partial charge is 0.193 e. The van der Waals surface area contributed by atoms with Gasteiger partial charge in [0.05, 0.1) is 6.54 Å². The molecule has 1 aliphatic carbocycles. The molecule has 6 nitrogen and oxygen atoms in total. The third kappa shape index (κ3) is 4.62. The zero-order chi connectivity index (χ0) is 18.4. The maximum absolute atomic E-state index is 4.42. The molecule has 1 aliphatic rings. The van der Waals surface area contributed by atoms with Gasteiger partial charge in [-0.15, -0.1) is 0 Å². The van der Waals surface area contributed by atoms with Crippen LogP contribution < -0.4 is 5.32 Å². The molecule has 0 spiro atoms. The molecule has 1 N–H and O–H groups in total. The van der Waals surface area contributed by atoms with Gasteiger partial charge in [-0.25, -0.2) is 4.98 Å². The zero-order valence-corrected chi connectivity index (χ0v) is 16.1. The number of aliphatic imine (C=N–C) groups is 1. The predicted octanol–water partition coefficient (Wildman–Crippen LogP) is 2.80.